The van der Waals surface area contributed by atoms with Crippen LogP contribution in [-0.2, 0) is 0 Å². The van der Waals surface area contributed by atoms with E-state index in [2.05, 4.69) is 34.3 Å². The first-order chi connectivity index (χ1) is 10.7. The average Bonchev–Trinajstić information content (AvgIpc) is 3.07. The summed E-state index contributed by atoms with van der Waals surface area (Å²) in [5.74, 6) is 1.43. The van der Waals surface area contributed by atoms with E-state index in [4.69, 9.17) is 10.5 Å². The summed E-state index contributed by atoms with van der Waals surface area (Å²) >= 11 is 0. The van der Waals surface area contributed by atoms with Gasteiger partial charge in [0.1, 0.15) is 5.75 Å². The normalized spacial score (nSPS) is 16.7. The Morgan fingerprint density at radius 3 is 2.78 bits per heavy atom. The van der Waals surface area contributed by atoms with Crippen LogP contribution in [0.1, 0.15) is 37.8 Å². The van der Waals surface area contributed by atoms with Crippen LogP contribution in [0.4, 0.5) is 0 Å². The molecule has 0 bridgehead atoms. The zero-order chi connectivity index (χ0) is 15.8. The maximum absolute atomic E-state index is 5.94. The molecular weight excluding hydrogens is 403 g/mol. The highest BCUT2D eigenvalue weighted by Gasteiger charge is 2.23. The second kappa shape index (κ2) is 10.7. The van der Waals surface area contributed by atoms with E-state index in [-0.39, 0.29) is 30.0 Å². The summed E-state index contributed by atoms with van der Waals surface area (Å²) in [6.45, 7) is 5.90. The van der Waals surface area contributed by atoms with Crippen molar-refractivity contribution in [2.75, 3.05) is 33.3 Å². The highest BCUT2D eigenvalue weighted by atomic mass is 127. The Balaban J connectivity index is 0.00000264. The van der Waals surface area contributed by atoms with Crippen LogP contribution in [-0.4, -0.2) is 44.1 Å². The van der Waals surface area contributed by atoms with E-state index in [0.717, 1.165) is 31.8 Å². The maximum atomic E-state index is 5.94. The number of benzene rings is 1. The molecule has 1 heterocycles. The minimum atomic E-state index is 0. The molecule has 1 aliphatic heterocycles. The fourth-order valence-electron chi connectivity index (χ4n) is 2.83. The number of likely N-dealkylation sites (tertiary alicyclic amines) is 1. The van der Waals surface area contributed by atoms with Gasteiger partial charge in [0.2, 0.25) is 0 Å². The Morgan fingerprint density at radius 1 is 1.39 bits per heavy atom. The molecule has 0 aromatic heterocycles. The zero-order valence-corrected chi connectivity index (χ0v) is 16.5. The Morgan fingerprint density at radius 2 is 2.13 bits per heavy atom. The number of nitrogens with one attached hydrogen (secondary N) is 1. The molecular formula is C17H29IN4O. The van der Waals surface area contributed by atoms with Crippen molar-refractivity contribution in [3.63, 3.8) is 0 Å². The van der Waals surface area contributed by atoms with E-state index in [9.17, 15) is 0 Å². The fourth-order valence-corrected chi connectivity index (χ4v) is 2.83. The number of methoxy groups -OCH3 is 1. The van der Waals surface area contributed by atoms with Crippen molar-refractivity contribution in [1.29, 1.82) is 0 Å². The smallest absolute Gasteiger partial charge is 0.188 e. The summed E-state index contributed by atoms with van der Waals surface area (Å²) < 4.78 is 5.35. The first-order valence-corrected chi connectivity index (χ1v) is 8.16. The molecule has 1 atom stereocenters. The van der Waals surface area contributed by atoms with E-state index in [0.29, 0.717) is 12.5 Å². The van der Waals surface area contributed by atoms with Gasteiger partial charge in [-0.2, -0.15) is 0 Å². The molecule has 1 aromatic rings. The van der Waals surface area contributed by atoms with Crippen molar-refractivity contribution in [2.24, 2.45) is 10.7 Å². The number of rotatable bonds is 7. The van der Waals surface area contributed by atoms with Gasteiger partial charge in [0.15, 0.2) is 5.96 Å². The molecule has 0 saturated carbocycles. The van der Waals surface area contributed by atoms with Crippen molar-refractivity contribution in [3.05, 3.63) is 29.8 Å². The molecule has 0 spiro atoms. The molecule has 1 aromatic carbocycles. The lowest BCUT2D eigenvalue weighted by Gasteiger charge is -2.27. The van der Waals surface area contributed by atoms with E-state index in [1.54, 1.807) is 7.11 Å². The number of halogens is 1. The number of nitrogens with zero attached hydrogens (tertiary/aromatic N) is 2. The quantitative estimate of drug-likeness (QED) is 0.395. The molecule has 0 amide bonds. The van der Waals surface area contributed by atoms with Gasteiger partial charge in [-0.15, -0.1) is 24.0 Å². The largest absolute Gasteiger partial charge is 0.497 e. The minimum Gasteiger partial charge on any atom is -0.497 e. The molecule has 5 nitrogen and oxygen atoms in total. The van der Waals surface area contributed by atoms with Crippen LogP contribution in [0.15, 0.2) is 29.3 Å². The van der Waals surface area contributed by atoms with Crippen LogP contribution in [0.2, 0.25) is 0 Å². The van der Waals surface area contributed by atoms with Crippen molar-refractivity contribution in [2.45, 2.75) is 32.2 Å². The van der Waals surface area contributed by atoms with Crippen molar-refractivity contribution >= 4 is 29.9 Å². The molecule has 1 saturated heterocycles. The summed E-state index contributed by atoms with van der Waals surface area (Å²) in [7, 11) is 1.70. The number of ether oxygens (including phenoxy) is 1. The lowest BCUT2D eigenvalue weighted by molar-refractivity contribution is 0.251. The molecule has 6 heteroatoms. The highest BCUT2D eigenvalue weighted by molar-refractivity contribution is 14.0. The first kappa shape index (κ1) is 20.0. The molecule has 23 heavy (non-hydrogen) atoms. The zero-order valence-electron chi connectivity index (χ0n) is 14.1. The predicted octanol–water partition coefficient (Wildman–Crippen LogP) is 2.76. The van der Waals surface area contributed by atoms with Crippen LogP contribution in [0.5, 0.6) is 5.75 Å². The Kier molecular flexibility index (Phi) is 9.31. The molecule has 1 unspecified atom stereocenters. The van der Waals surface area contributed by atoms with Crippen LogP contribution in [0, 0.1) is 0 Å². The second-order valence-corrected chi connectivity index (χ2v) is 5.69. The third-order valence-electron chi connectivity index (χ3n) is 4.05. The summed E-state index contributed by atoms with van der Waals surface area (Å²) in [6.07, 6.45) is 3.56. The number of hydrogen-bond acceptors (Lipinski definition) is 3. The van der Waals surface area contributed by atoms with Gasteiger partial charge in [0.05, 0.1) is 19.7 Å². The summed E-state index contributed by atoms with van der Waals surface area (Å²) in [5, 5.41) is 3.14. The first-order valence-electron chi connectivity index (χ1n) is 8.16. The van der Waals surface area contributed by atoms with Crippen molar-refractivity contribution in [3.8, 4) is 5.75 Å². The van der Waals surface area contributed by atoms with E-state index < -0.39 is 0 Å². The fraction of sp³-hybridized carbons (Fsp3) is 0.588. The van der Waals surface area contributed by atoms with Gasteiger partial charge in [-0.3, -0.25) is 9.89 Å². The monoisotopic (exact) mass is 432 g/mol. The molecule has 1 aliphatic rings. The average molecular weight is 432 g/mol. The third-order valence-corrected chi connectivity index (χ3v) is 4.05. The maximum Gasteiger partial charge on any atom is 0.188 e. The highest BCUT2D eigenvalue weighted by Crippen LogP contribution is 2.27. The lowest BCUT2D eigenvalue weighted by atomic mass is 10.1. The van der Waals surface area contributed by atoms with Gasteiger partial charge in [-0.1, -0.05) is 19.1 Å². The molecule has 130 valence electrons. The minimum absolute atomic E-state index is 0. The standard InChI is InChI=1S/C17H28N4O.HI/c1-3-9-19-17(18)20-13-16(21-10-4-5-11-21)14-7-6-8-15(12-14)22-2;/h6-8,12,16H,3-5,9-11,13H2,1-2H3,(H3,18,19,20);1H. The van der Waals surface area contributed by atoms with Crippen LogP contribution < -0.4 is 15.8 Å². The van der Waals surface area contributed by atoms with Crippen LogP contribution >= 0.6 is 24.0 Å². The number of nitrogens with two attached hydrogens (primary N) is 1. The molecule has 1 fully saturated rings. The van der Waals surface area contributed by atoms with Gasteiger partial charge in [-0.25, -0.2) is 0 Å². The number of hydrogen-bond donors (Lipinski definition) is 2. The summed E-state index contributed by atoms with van der Waals surface area (Å²) in [5.41, 5.74) is 7.18. The third kappa shape index (κ3) is 6.18. The van der Waals surface area contributed by atoms with Crippen LogP contribution in [0.3, 0.4) is 0 Å². The van der Waals surface area contributed by atoms with Gasteiger partial charge >= 0.3 is 0 Å². The summed E-state index contributed by atoms with van der Waals surface area (Å²) in [4.78, 5) is 7.03. The Hall–Kier alpha value is -1.02. The number of guanidine groups is 1. The second-order valence-electron chi connectivity index (χ2n) is 5.69. The molecule has 0 aliphatic carbocycles. The Bertz CT molecular complexity index is 489. The van der Waals surface area contributed by atoms with Gasteiger partial charge in [0.25, 0.3) is 0 Å². The van der Waals surface area contributed by atoms with E-state index in [1.165, 1.54) is 18.4 Å². The molecule has 0 radical (unpaired) electrons. The lowest BCUT2D eigenvalue weighted by Crippen LogP contribution is -2.34. The number of aliphatic imine (C=N–C) groups is 1. The Labute approximate surface area is 156 Å². The SMILES string of the molecule is CCCNC(N)=NCC(c1cccc(OC)c1)N1CCCC1.I. The molecule has 3 N–H and O–H groups in total. The van der Waals surface area contributed by atoms with Crippen molar-refractivity contribution in [1.82, 2.24) is 10.2 Å². The predicted molar refractivity (Wildman–Crippen MR) is 107 cm³/mol. The van der Waals surface area contributed by atoms with Gasteiger partial charge in [-0.05, 0) is 50.0 Å². The van der Waals surface area contributed by atoms with Crippen LogP contribution in [0.25, 0.3) is 0 Å². The van der Waals surface area contributed by atoms with Gasteiger partial charge in [0, 0.05) is 6.54 Å². The van der Waals surface area contributed by atoms with Gasteiger partial charge < -0.3 is 15.8 Å². The summed E-state index contributed by atoms with van der Waals surface area (Å²) in [6, 6.07) is 8.54. The topological polar surface area (TPSA) is 62.9 Å². The molecule has 2 rings (SSSR count). The van der Waals surface area contributed by atoms with E-state index >= 15 is 0 Å². The van der Waals surface area contributed by atoms with E-state index in [1.807, 2.05) is 12.1 Å². The van der Waals surface area contributed by atoms with Crippen molar-refractivity contribution < 1.29 is 4.74 Å².